The SMILES string of the molecule is Cc1oc(C)c(-c2nnc(CC(C)CC(=O)O)o2)c1C. The quantitative estimate of drug-likeness (QED) is 0.904. The highest BCUT2D eigenvalue weighted by Gasteiger charge is 2.20. The fourth-order valence-electron chi connectivity index (χ4n) is 2.21. The number of carbonyl (C=O) groups is 1. The molecule has 0 saturated carbocycles. The van der Waals surface area contributed by atoms with Gasteiger partial charge in [0.1, 0.15) is 11.5 Å². The topological polar surface area (TPSA) is 89.4 Å². The van der Waals surface area contributed by atoms with Gasteiger partial charge in [0.05, 0.1) is 5.56 Å². The summed E-state index contributed by atoms with van der Waals surface area (Å²) >= 11 is 0. The molecule has 0 radical (unpaired) electrons. The van der Waals surface area contributed by atoms with Crippen LogP contribution in [0.2, 0.25) is 0 Å². The van der Waals surface area contributed by atoms with Gasteiger partial charge in [0, 0.05) is 18.4 Å². The van der Waals surface area contributed by atoms with E-state index in [1.54, 1.807) is 0 Å². The van der Waals surface area contributed by atoms with E-state index in [1.165, 1.54) is 0 Å². The lowest BCUT2D eigenvalue weighted by Crippen LogP contribution is -2.07. The molecule has 0 aliphatic carbocycles. The first-order valence-corrected chi connectivity index (χ1v) is 6.49. The number of furan rings is 1. The molecule has 0 amide bonds. The second kappa shape index (κ2) is 5.48. The second-order valence-corrected chi connectivity index (χ2v) is 5.12. The zero-order valence-corrected chi connectivity index (χ0v) is 12.1. The Morgan fingerprint density at radius 2 is 1.90 bits per heavy atom. The third-order valence-corrected chi connectivity index (χ3v) is 3.29. The molecular weight excluding hydrogens is 260 g/mol. The van der Waals surface area contributed by atoms with Crippen LogP contribution in [0.3, 0.4) is 0 Å². The fourth-order valence-corrected chi connectivity index (χ4v) is 2.21. The maximum atomic E-state index is 10.6. The van der Waals surface area contributed by atoms with Crippen molar-refractivity contribution in [2.24, 2.45) is 5.92 Å². The average Bonchev–Trinajstić information content (AvgIpc) is 2.84. The largest absolute Gasteiger partial charge is 0.481 e. The van der Waals surface area contributed by atoms with Gasteiger partial charge in [-0.05, 0) is 26.7 Å². The second-order valence-electron chi connectivity index (χ2n) is 5.12. The van der Waals surface area contributed by atoms with E-state index < -0.39 is 5.97 Å². The molecule has 2 aromatic rings. The zero-order chi connectivity index (χ0) is 14.9. The van der Waals surface area contributed by atoms with Gasteiger partial charge in [0.2, 0.25) is 5.89 Å². The normalized spacial score (nSPS) is 12.6. The Balaban J connectivity index is 2.19. The van der Waals surface area contributed by atoms with Crippen molar-refractivity contribution in [2.45, 2.75) is 40.5 Å². The zero-order valence-electron chi connectivity index (χ0n) is 12.1. The summed E-state index contributed by atoms with van der Waals surface area (Å²) in [5, 5.41) is 16.8. The Morgan fingerprint density at radius 3 is 2.45 bits per heavy atom. The van der Waals surface area contributed by atoms with Crippen LogP contribution in [0.1, 0.15) is 36.3 Å². The van der Waals surface area contributed by atoms with E-state index in [9.17, 15) is 4.79 Å². The molecule has 0 aromatic carbocycles. The summed E-state index contributed by atoms with van der Waals surface area (Å²) in [6.45, 7) is 7.53. The number of hydrogen-bond acceptors (Lipinski definition) is 5. The van der Waals surface area contributed by atoms with Gasteiger partial charge in [-0.3, -0.25) is 4.79 Å². The van der Waals surface area contributed by atoms with Crippen LogP contribution in [-0.2, 0) is 11.2 Å². The molecule has 1 atom stereocenters. The van der Waals surface area contributed by atoms with Gasteiger partial charge in [-0.15, -0.1) is 10.2 Å². The van der Waals surface area contributed by atoms with Gasteiger partial charge in [-0.2, -0.15) is 0 Å². The van der Waals surface area contributed by atoms with Crippen molar-refractivity contribution >= 4 is 5.97 Å². The monoisotopic (exact) mass is 278 g/mol. The number of hydrogen-bond donors (Lipinski definition) is 1. The Labute approximate surface area is 116 Å². The first-order valence-electron chi connectivity index (χ1n) is 6.49. The minimum atomic E-state index is -0.825. The van der Waals surface area contributed by atoms with E-state index in [1.807, 2.05) is 27.7 Å². The van der Waals surface area contributed by atoms with Crippen molar-refractivity contribution < 1.29 is 18.7 Å². The van der Waals surface area contributed by atoms with Crippen LogP contribution in [0.25, 0.3) is 11.5 Å². The van der Waals surface area contributed by atoms with Crippen molar-refractivity contribution in [2.75, 3.05) is 0 Å². The highest BCUT2D eigenvalue weighted by Crippen LogP contribution is 2.30. The van der Waals surface area contributed by atoms with Crippen LogP contribution < -0.4 is 0 Å². The number of aryl methyl sites for hydroxylation is 2. The van der Waals surface area contributed by atoms with Gasteiger partial charge in [-0.25, -0.2) is 0 Å². The lowest BCUT2D eigenvalue weighted by molar-refractivity contribution is -0.137. The molecule has 6 nitrogen and oxygen atoms in total. The predicted molar refractivity (Wildman–Crippen MR) is 71.3 cm³/mol. The fraction of sp³-hybridized carbons (Fsp3) is 0.500. The van der Waals surface area contributed by atoms with Crippen LogP contribution in [0.4, 0.5) is 0 Å². The van der Waals surface area contributed by atoms with Crippen LogP contribution in [-0.4, -0.2) is 21.3 Å². The number of aromatic nitrogens is 2. The van der Waals surface area contributed by atoms with E-state index in [0.717, 1.165) is 22.6 Å². The molecule has 2 heterocycles. The van der Waals surface area contributed by atoms with E-state index in [4.69, 9.17) is 13.9 Å². The number of carboxylic acids is 1. The van der Waals surface area contributed by atoms with Gasteiger partial charge >= 0.3 is 5.97 Å². The molecule has 0 spiro atoms. The molecule has 1 unspecified atom stereocenters. The Kier molecular flexibility index (Phi) is 3.92. The minimum absolute atomic E-state index is 0.0471. The van der Waals surface area contributed by atoms with Gasteiger partial charge in [0.15, 0.2) is 0 Å². The van der Waals surface area contributed by atoms with Crippen LogP contribution >= 0.6 is 0 Å². The van der Waals surface area contributed by atoms with Crippen molar-refractivity contribution in [3.8, 4) is 11.5 Å². The first kappa shape index (κ1) is 14.3. The molecule has 2 aromatic heterocycles. The van der Waals surface area contributed by atoms with Crippen molar-refractivity contribution in [3.63, 3.8) is 0 Å². The molecule has 0 bridgehead atoms. The lowest BCUT2D eigenvalue weighted by Gasteiger charge is -2.03. The molecule has 0 saturated heterocycles. The third-order valence-electron chi connectivity index (χ3n) is 3.29. The number of nitrogens with zero attached hydrogens (tertiary/aromatic N) is 2. The van der Waals surface area contributed by atoms with Crippen molar-refractivity contribution in [3.05, 3.63) is 23.0 Å². The maximum Gasteiger partial charge on any atom is 0.303 e. The standard InChI is InChI=1S/C14H18N2O4/c1-7(6-12(17)18)5-11-15-16-14(20-11)13-8(2)9(3)19-10(13)4/h7H,5-6H2,1-4H3,(H,17,18). The van der Waals surface area contributed by atoms with Crippen LogP contribution in [0.5, 0.6) is 0 Å². The molecule has 6 heteroatoms. The van der Waals surface area contributed by atoms with Crippen molar-refractivity contribution in [1.82, 2.24) is 10.2 Å². The molecule has 0 aliphatic heterocycles. The van der Waals surface area contributed by atoms with E-state index >= 15 is 0 Å². The van der Waals surface area contributed by atoms with Crippen molar-refractivity contribution in [1.29, 1.82) is 0 Å². The van der Waals surface area contributed by atoms with E-state index in [-0.39, 0.29) is 12.3 Å². The summed E-state index contributed by atoms with van der Waals surface area (Å²) in [5.74, 6) is 1.58. The highest BCUT2D eigenvalue weighted by atomic mass is 16.4. The summed E-state index contributed by atoms with van der Waals surface area (Å²) in [6, 6.07) is 0. The minimum Gasteiger partial charge on any atom is -0.481 e. The summed E-state index contributed by atoms with van der Waals surface area (Å²) in [4.78, 5) is 10.6. The third kappa shape index (κ3) is 2.89. The van der Waals surface area contributed by atoms with Gasteiger partial charge in [0.25, 0.3) is 5.89 Å². The van der Waals surface area contributed by atoms with Crippen LogP contribution in [0.15, 0.2) is 8.83 Å². The Hall–Kier alpha value is -2.11. The summed E-state index contributed by atoms with van der Waals surface area (Å²) in [6.07, 6.45) is 0.537. The molecule has 20 heavy (non-hydrogen) atoms. The number of aliphatic carboxylic acids is 1. The molecular formula is C14H18N2O4. The maximum absolute atomic E-state index is 10.6. The summed E-state index contributed by atoms with van der Waals surface area (Å²) in [5.41, 5.74) is 1.81. The number of carboxylic acid groups (broad SMARTS) is 1. The molecule has 1 N–H and O–H groups in total. The molecule has 2 rings (SSSR count). The lowest BCUT2D eigenvalue weighted by atomic mass is 10.0. The molecule has 0 fully saturated rings. The van der Waals surface area contributed by atoms with Gasteiger partial charge in [-0.1, -0.05) is 6.92 Å². The van der Waals surface area contributed by atoms with Gasteiger partial charge < -0.3 is 13.9 Å². The molecule has 108 valence electrons. The highest BCUT2D eigenvalue weighted by molar-refractivity contribution is 5.67. The summed E-state index contributed by atoms with van der Waals surface area (Å²) in [7, 11) is 0. The first-order chi connectivity index (χ1) is 9.38. The van der Waals surface area contributed by atoms with Crippen LogP contribution in [0, 0.1) is 26.7 Å². The Morgan fingerprint density at radius 1 is 1.20 bits per heavy atom. The summed E-state index contributed by atoms with van der Waals surface area (Å²) < 4.78 is 11.2. The Bertz CT molecular complexity index is 627. The number of rotatable bonds is 5. The van der Waals surface area contributed by atoms with E-state index in [2.05, 4.69) is 10.2 Å². The molecule has 0 aliphatic rings. The van der Waals surface area contributed by atoms with E-state index in [0.29, 0.717) is 18.2 Å². The predicted octanol–water partition coefficient (Wildman–Crippen LogP) is 2.91. The average molecular weight is 278 g/mol. The smallest absolute Gasteiger partial charge is 0.303 e.